The van der Waals surface area contributed by atoms with E-state index in [2.05, 4.69) is 10.2 Å². The quantitative estimate of drug-likeness (QED) is 0.755. The lowest BCUT2D eigenvalue weighted by molar-refractivity contribution is -0.151. The molecule has 0 aliphatic carbocycles. The van der Waals surface area contributed by atoms with Gasteiger partial charge in [-0.05, 0) is 46.2 Å². The molecule has 132 valence electrons. The molecule has 0 radical (unpaired) electrons. The average Bonchev–Trinajstić information content (AvgIpc) is 2.59. The molecule has 2 aliphatic heterocycles. The van der Waals surface area contributed by atoms with Gasteiger partial charge in [-0.1, -0.05) is 0 Å². The summed E-state index contributed by atoms with van der Waals surface area (Å²) in [5.74, 6) is 0.259. The van der Waals surface area contributed by atoms with E-state index >= 15 is 0 Å². The highest BCUT2D eigenvalue weighted by molar-refractivity contribution is 5.79. The third kappa shape index (κ3) is 4.91. The van der Waals surface area contributed by atoms with E-state index in [1.165, 1.54) is 7.11 Å². The zero-order valence-corrected chi connectivity index (χ0v) is 14.8. The molecule has 6 heteroatoms. The summed E-state index contributed by atoms with van der Waals surface area (Å²) in [6.07, 6.45) is 2.80. The van der Waals surface area contributed by atoms with Crippen LogP contribution in [0, 0.1) is 11.3 Å². The molecule has 0 aromatic heterocycles. The van der Waals surface area contributed by atoms with E-state index in [0.29, 0.717) is 5.91 Å². The second kappa shape index (κ2) is 8.11. The second-order valence-corrected chi connectivity index (χ2v) is 7.34. The predicted octanol–water partition coefficient (Wildman–Crippen LogP) is 0.720. The molecule has 2 heterocycles. The molecule has 2 aliphatic rings. The number of hydrogen-bond acceptors (Lipinski definition) is 5. The van der Waals surface area contributed by atoms with Crippen molar-refractivity contribution in [2.75, 3.05) is 52.9 Å². The van der Waals surface area contributed by atoms with Crippen molar-refractivity contribution in [3.05, 3.63) is 0 Å². The van der Waals surface area contributed by atoms with Crippen LogP contribution in [0.5, 0.6) is 0 Å². The largest absolute Gasteiger partial charge is 0.469 e. The number of nitrogens with one attached hydrogen (secondary N) is 1. The van der Waals surface area contributed by atoms with Gasteiger partial charge in [-0.2, -0.15) is 0 Å². The molecule has 2 rings (SSSR count). The van der Waals surface area contributed by atoms with E-state index in [4.69, 9.17) is 4.74 Å². The monoisotopic (exact) mass is 325 g/mol. The van der Waals surface area contributed by atoms with Crippen LogP contribution in [-0.2, 0) is 14.3 Å². The number of carbonyl (C=O) groups excluding carboxylic acids is 2. The lowest BCUT2D eigenvalue weighted by Gasteiger charge is -2.37. The van der Waals surface area contributed by atoms with Gasteiger partial charge in [-0.3, -0.25) is 9.59 Å². The summed E-state index contributed by atoms with van der Waals surface area (Å²) in [4.78, 5) is 28.8. The average molecular weight is 325 g/mol. The summed E-state index contributed by atoms with van der Waals surface area (Å²) in [5.41, 5.74) is -0.468. The summed E-state index contributed by atoms with van der Waals surface area (Å²) in [5, 5.41) is 3.29. The minimum Gasteiger partial charge on any atom is -0.469 e. The Morgan fingerprint density at radius 1 is 1.22 bits per heavy atom. The van der Waals surface area contributed by atoms with Gasteiger partial charge in [-0.15, -0.1) is 0 Å². The van der Waals surface area contributed by atoms with Crippen LogP contribution in [0.3, 0.4) is 0 Å². The van der Waals surface area contributed by atoms with Crippen LogP contribution in [0.1, 0.15) is 33.1 Å². The number of piperidine rings is 1. The molecule has 2 saturated heterocycles. The van der Waals surface area contributed by atoms with Crippen molar-refractivity contribution in [2.45, 2.75) is 33.1 Å². The van der Waals surface area contributed by atoms with Gasteiger partial charge >= 0.3 is 5.97 Å². The van der Waals surface area contributed by atoms with Crippen LogP contribution in [-0.4, -0.2) is 74.6 Å². The predicted molar refractivity (Wildman–Crippen MR) is 89.0 cm³/mol. The lowest BCUT2D eigenvalue weighted by atomic mass is 9.88. The number of nitrogens with zero attached hydrogens (tertiary/aromatic N) is 2. The van der Waals surface area contributed by atoms with Crippen molar-refractivity contribution in [3.63, 3.8) is 0 Å². The number of amides is 1. The Balaban J connectivity index is 1.83. The number of carbonyl (C=O) groups is 2. The molecular weight excluding hydrogens is 294 g/mol. The van der Waals surface area contributed by atoms with Gasteiger partial charge in [-0.25, -0.2) is 0 Å². The number of methoxy groups -OCH3 is 1. The first-order chi connectivity index (χ1) is 10.9. The Hall–Kier alpha value is -1.14. The number of esters is 1. The van der Waals surface area contributed by atoms with Crippen LogP contribution >= 0.6 is 0 Å². The Labute approximate surface area is 139 Å². The van der Waals surface area contributed by atoms with E-state index in [0.717, 1.165) is 65.1 Å². The first kappa shape index (κ1) is 18.2. The molecule has 1 unspecified atom stereocenters. The topological polar surface area (TPSA) is 61.9 Å². The van der Waals surface area contributed by atoms with Gasteiger partial charge in [0.05, 0.1) is 18.4 Å². The number of ether oxygens (including phenoxy) is 1. The van der Waals surface area contributed by atoms with Gasteiger partial charge < -0.3 is 19.9 Å². The van der Waals surface area contributed by atoms with Crippen LogP contribution in [0.2, 0.25) is 0 Å². The van der Waals surface area contributed by atoms with E-state index in [-0.39, 0.29) is 11.9 Å². The summed E-state index contributed by atoms with van der Waals surface area (Å²) < 4.78 is 4.87. The molecule has 0 bridgehead atoms. The van der Waals surface area contributed by atoms with E-state index in [1.54, 1.807) is 0 Å². The maximum absolute atomic E-state index is 12.7. The van der Waals surface area contributed by atoms with Crippen LogP contribution in [0.15, 0.2) is 0 Å². The molecule has 1 N–H and O–H groups in total. The van der Waals surface area contributed by atoms with Gasteiger partial charge in [0.15, 0.2) is 0 Å². The molecule has 6 nitrogen and oxygen atoms in total. The van der Waals surface area contributed by atoms with Crippen molar-refractivity contribution >= 4 is 11.9 Å². The molecule has 1 atom stereocenters. The van der Waals surface area contributed by atoms with Crippen LogP contribution < -0.4 is 5.32 Å². The Morgan fingerprint density at radius 2 is 1.91 bits per heavy atom. The minimum atomic E-state index is -0.468. The summed E-state index contributed by atoms with van der Waals surface area (Å²) >= 11 is 0. The molecule has 2 fully saturated rings. The second-order valence-electron chi connectivity index (χ2n) is 7.34. The number of piperazine rings is 1. The first-order valence-corrected chi connectivity index (χ1v) is 8.74. The van der Waals surface area contributed by atoms with Gasteiger partial charge in [0, 0.05) is 32.7 Å². The smallest absolute Gasteiger partial charge is 0.311 e. The van der Waals surface area contributed by atoms with Crippen LogP contribution in [0.25, 0.3) is 0 Å². The Bertz CT molecular complexity index is 419. The van der Waals surface area contributed by atoms with Crippen molar-refractivity contribution in [1.82, 2.24) is 15.1 Å². The SMILES string of the molecule is COC(=O)C(C)(C)CCN1CCCC(C(=O)N2CCNCC2)C1. The van der Waals surface area contributed by atoms with Gasteiger partial charge in [0.25, 0.3) is 0 Å². The Morgan fingerprint density at radius 3 is 2.57 bits per heavy atom. The maximum atomic E-state index is 12.7. The molecular formula is C17H31N3O3. The Kier molecular flexibility index (Phi) is 6.41. The zero-order valence-electron chi connectivity index (χ0n) is 14.8. The molecule has 0 spiro atoms. The standard InChI is InChI=1S/C17H31N3O3/c1-17(2,16(22)23-3)6-10-19-9-4-5-14(13-19)15(21)20-11-7-18-8-12-20/h14,18H,4-13H2,1-3H3. The van der Waals surface area contributed by atoms with Gasteiger partial charge in [0.1, 0.15) is 0 Å². The molecule has 0 saturated carbocycles. The van der Waals surface area contributed by atoms with E-state index in [1.807, 2.05) is 18.7 Å². The molecule has 0 aromatic rings. The summed E-state index contributed by atoms with van der Waals surface area (Å²) in [6.45, 7) is 9.97. The van der Waals surface area contributed by atoms with E-state index in [9.17, 15) is 9.59 Å². The fraction of sp³-hybridized carbons (Fsp3) is 0.882. The highest BCUT2D eigenvalue weighted by Gasteiger charge is 2.32. The fourth-order valence-electron chi connectivity index (χ4n) is 3.42. The summed E-state index contributed by atoms with van der Waals surface area (Å²) in [7, 11) is 1.44. The van der Waals surface area contributed by atoms with Crippen molar-refractivity contribution in [2.24, 2.45) is 11.3 Å². The number of rotatable bonds is 5. The highest BCUT2D eigenvalue weighted by Crippen LogP contribution is 2.25. The fourth-order valence-corrected chi connectivity index (χ4v) is 3.42. The van der Waals surface area contributed by atoms with Crippen molar-refractivity contribution in [1.29, 1.82) is 0 Å². The summed E-state index contributed by atoms with van der Waals surface area (Å²) in [6, 6.07) is 0. The minimum absolute atomic E-state index is 0.114. The van der Waals surface area contributed by atoms with Gasteiger partial charge in [0.2, 0.25) is 5.91 Å². The number of hydrogen-bond donors (Lipinski definition) is 1. The first-order valence-electron chi connectivity index (χ1n) is 8.74. The van der Waals surface area contributed by atoms with E-state index < -0.39 is 5.41 Å². The third-order valence-corrected chi connectivity index (χ3v) is 5.07. The molecule has 23 heavy (non-hydrogen) atoms. The third-order valence-electron chi connectivity index (χ3n) is 5.07. The highest BCUT2D eigenvalue weighted by atomic mass is 16.5. The van der Waals surface area contributed by atoms with Crippen molar-refractivity contribution < 1.29 is 14.3 Å². The molecule has 1 amide bonds. The molecule has 0 aromatic carbocycles. The van der Waals surface area contributed by atoms with Crippen LogP contribution in [0.4, 0.5) is 0 Å². The lowest BCUT2D eigenvalue weighted by Crippen LogP contribution is -2.51. The normalized spacial score (nSPS) is 23.6. The zero-order chi connectivity index (χ0) is 16.9. The van der Waals surface area contributed by atoms with Crippen molar-refractivity contribution in [3.8, 4) is 0 Å². The number of likely N-dealkylation sites (tertiary alicyclic amines) is 1. The maximum Gasteiger partial charge on any atom is 0.311 e.